The Kier molecular flexibility index (Phi) is 4.33. The minimum Gasteiger partial charge on any atom is -0.461 e. The third-order valence-electron chi connectivity index (χ3n) is 2.37. The van der Waals surface area contributed by atoms with Crippen LogP contribution in [0.2, 0.25) is 0 Å². The summed E-state index contributed by atoms with van der Waals surface area (Å²) in [6.45, 7) is 2.10. The Morgan fingerprint density at radius 3 is 2.77 bits per heavy atom. The van der Waals surface area contributed by atoms with Gasteiger partial charge in [0.25, 0.3) is 0 Å². The highest BCUT2D eigenvalue weighted by Crippen LogP contribution is 2.31. The van der Waals surface area contributed by atoms with E-state index >= 15 is 0 Å². The van der Waals surface area contributed by atoms with Gasteiger partial charge in [0.2, 0.25) is 0 Å². The third kappa shape index (κ3) is 2.50. The van der Waals surface area contributed by atoms with Crippen molar-refractivity contribution in [1.29, 1.82) is 0 Å². The van der Waals surface area contributed by atoms with Gasteiger partial charge in [-0.05, 0) is 6.42 Å². The molecule has 0 aromatic carbocycles. The number of ether oxygens (including phenoxy) is 1. The van der Waals surface area contributed by atoms with Crippen molar-refractivity contribution in [3.8, 4) is 0 Å². The van der Waals surface area contributed by atoms with Crippen molar-refractivity contribution in [3.05, 3.63) is 0 Å². The van der Waals surface area contributed by atoms with E-state index in [-0.39, 0.29) is 18.0 Å². The summed E-state index contributed by atoms with van der Waals surface area (Å²) in [5.41, 5.74) is 0. The Bertz CT molecular complexity index is 184. The second-order valence-electron chi connectivity index (χ2n) is 3.34. The fraction of sp³-hybridized carbons (Fsp3) is 0.889. The maximum Gasteiger partial charge on any atom is 0.324 e. The van der Waals surface area contributed by atoms with Crippen molar-refractivity contribution in [3.63, 3.8) is 0 Å². The van der Waals surface area contributed by atoms with Gasteiger partial charge >= 0.3 is 5.97 Å². The van der Waals surface area contributed by atoms with Crippen LogP contribution in [0.15, 0.2) is 0 Å². The largest absolute Gasteiger partial charge is 0.461 e. The summed E-state index contributed by atoms with van der Waals surface area (Å²) in [6.07, 6.45) is 2.96. The van der Waals surface area contributed by atoms with Crippen LogP contribution in [0.3, 0.4) is 0 Å². The van der Waals surface area contributed by atoms with E-state index in [0.29, 0.717) is 5.88 Å². The molecule has 13 heavy (non-hydrogen) atoms. The van der Waals surface area contributed by atoms with Gasteiger partial charge in [0, 0.05) is 11.8 Å². The van der Waals surface area contributed by atoms with Crippen molar-refractivity contribution in [2.24, 2.45) is 5.92 Å². The lowest BCUT2D eigenvalue weighted by Crippen LogP contribution is -2.22. The highest BCUT2D eigenvalue weighted by molar-refractivity contribution is 6.31. The quantitative estimate of drug-likeness (QED) is 0.543. The average Bonchev–Trinajstić information content (AvgIpc) is 2.39. The number of cyclic esters (lactones) is 1. The molecule has 1 aliphatic rings. The smallest absolute Gasteiger partial charge is 0.324 e. The van der Waals surface area contributed by atoms with Crippen molar-refractivity contribution in [2.45, 2.75) is 37.7 Å². The van der Waals surface area contributed by atoms with Crippen LogP contribution in [0, 0.1) is 5.92 Å². The van der Waals surface area contributed by atoms with E-state index in [9.17, 15) is 4.79 Å². The molecule has 0 unspecified atom stereocenters. The number of esters is 1. The van der Waals surface area contributed by atoms with E-state index in [0.717, 1.165) is 19.3 Å². The summed E-state index contributed by atoms with van der Waals surface area (Å²) in [6, 6.07) is 0. The summed E-state index contributed by atoms with van der Waals surface area (Å²) >= 11 is 11.6. The molecule has 2 nitrogen and oxygen atoms in total. The van der Waals surface area contributed by atoms with Crippen molar-refractivity contribution in [2.75, 3.05) is 5.88 Å². The Hall–Kier alpha value is 0.0500. The number of hydrogen-bond donors (Lipinski definition) is 0. The molecule has 0 bridgehead atoms. The first-order chi connectivity index (χ1) is 6.20. The van der Waals surface area contributed by atoms with Gasteiger partial charge in [0.1, 0.15) is 11.5 Å². The molecule has 1 heterocycles. The Balaban J connectivity index is 2.49. The fourth-order valence-corrected chi connectivity index (χ4v) is 2.29. The van der Waals surface area contributed by atoms with E-state index < -0.39 is 5.38 Å². The zero-order chi connectivity index (χ0) is 9.84. The van der Waals surface area contributed by atoms with Gasteiger partial charge in [-0.2, -0.15) is 0 Å². The van der Waals surface area contributed by atoms with Crippen LogP contribution in [-0.4, -0.2) is 23.3 Å². The number of carbonyl (C=O) groups is 1. The topological polar surface area (TPSA) is 26.3 Å². The Labute approximate surface area is 88.5 Å². The zero-order valence-electron chi connectivity index (χ0n) is 7.63. The van der Waals surface area contributed by atoms with Crippen molar-refractivity contribution in [1.82, 2.24) is 0 Å². The fourth-order valence-electron chi connectivity index (χ4n) is 1.52. The Morgan fingerprint density at radius 1 is 1.54 bits per heavy atom. The van der Waals surface area contributed by atoms with Crippen LogP contribution in [-0.2, 0) is 9.53 Å². The molecule has 76 valence electrons. The molecular formula is C9H14Cl2O2. The van der Waals surface area contributed by atoms with Gasteiger partial charge in [-0.1, -0.05) is 19.8 Å². The number of hydrogen-bond acceptors (Lipinski definition) is 2. The average molecular weight is 225 g/mol. The van der Waals surface area contributed by atoms with Crippen LogP contribution < -0.4 is 0 Å². The van der Waals surface area contributed by atoms with Crippen molar-refractivity contribution >= 4 is 29.2 Å². The molecule has 0 aliphatic carbocycles. The van der Waals surface area contributed by atoms with Gasteiger partial charge in [-0.15, -0.1) is 23.2 Å². The normalized spacial score (nSPS) is 33.5. The molecule has 1 aliphatic heterocycles. The molecule has 0 aromatic rings. The number of alkyl halides is 2. The van der Waals surface area contributed by atoms with E-state index in [2.05, 4.69) is 6.92 Å². The van der Waals surface area contributed by atoms with Crippen molar-refractivity contribution < 1.29 is 9.53 Å². The number of rotatable bonds is 4. The number of carbonyl (C=O) groups excluding carboxylic acids is 1. The van der Waals surface area contributed by atoms with Crippen LogP contribution in [0.1, 0.15) is 26.2 Å². The second kappa shape index (κ2) is 5.06. The van der Waals surface area contributed by atoms with E-state index in [1.54, 1.807) is 0 Å². The third-order valence-corrected chi connectivity index (χ3v) is 3.22. The molecular weight excluding hydrogens is 211 g/mol. The van der Waals surface area contributed by atoms with Crippen LogP contribution in [0.5, 0.6) is 0 Å². The van der Waals surface area contributed by atoms with Crippen LogP contribution in [0.4, 0.5) is 0 Å². The number of unbranched alkanes of at least 4 members (excludes halogenated alkanes) is 1. The molecule has 0 saturated carbocycles. The summed E-state index contributed by atoms with van der Waals surface area (Å²) in [4.78, 5) is 11.1. The molecule has 0 radical (unpaired) electrons. The lowest BCUT2D eigenvalue weighted by Gasteiger charge is -2.15. The lowest BCUT2D eigenvalue weighted by molar-refractivity contribution is -0.141. The molecule has 0 N–H and O–H groups in total. The summed E-state index contributed by atoms with van der Waals surface area (Å²) in [5, 5.41) is -0.542. The maximum atomic E-state index is 11.1. The van der Waals surface area contributed by atoms with Gasteiger partial charge in [0.15, 0.2) is 0 Å². The van der Waals surface area contributed by atoms with Crippen LogP contribution >= 0.6 is 23.2 Å². The first-order valence-electron chi connectivity index (χ1n) is 4.61. The van der Waals surface area contributed by atoms with E-state index in [1.165, 1.54) is 0 Å². The van der Waals surface area contributed by atoms with Crippen LogP contribution in [0.25, 0.3) is 0 Å². The molecule has 0 amide bonds. The maximum absolute atomic E-state index is 11.1. The van der Waals surface area contributed by atoms with Gasteiger partial charge < -0.3 is 4.74 Å². The first-order valence-corrected chi connectivity index (χ1v) is 5.58. The molecule has 1 saturated heterocycles. The van der Waals surface area contributed by atoms with E-state index in [4.69, 9.17) is 27.9 Å². The molecule has 0 aromatic heterocycles. The zero-order valence-corrected chi connectivity index (χ0v) is 9.14. The van der Waals surface area contributed by atoms with E-state index in [1.807, 2.05) is 0 Å². The monoisotopic (exact) mass is 224 g/mol. The predicted octanol–water partition coefficient (Wildman–Crippen LogP) is 2.56. The number of halogens is 2. The summed E-state index contributed by atoms with van der Waals surface area (Å²) < 4.78 is 5.12. The standard InChI is InChI=1S/C9H14Cl2O2/c1-2-3-4-7-6(5-10)8(11)9(12)13-7/h6-8H,2-5H2,1H3/t6-,7-,8+/m1/s1. The molecule has 0 spiro atoms. The second-order valence-corrected chi connectivity index (χ2v) is 4.12. The summed E-state index contributed by atoms with van der Waals surface area (Å²) in [5.74, 6) is 0.0738. The summed E-state index contributed by atoms with van der Waals surface area (Å²) in [7, 11) is 0. The molecule has 1 fully saturated rings. The van der Waals surface area contributed by atoms with Gasteiger partial charge in [-0.3, -0.25) is 4.79 Å². The first kappa shape index (κ1) is 11.1. The lowest BCUT2D eigenvalue weighted by atomic mass is 9.99. The molecule has 1 rings (SSSR count). The van der Waals surface area contributed by atoms with Gasteiger partial charge in [0.05, 0.1) is 0 Å². The SMILES string of the molecule is CCCC[C@H]1OC(=O)[C@@H](Cl)[C@@H]1CCl. The Morgan fingerprint density at radius 2 is 2.23 bits per heavy atom. The molecule has 4 heteroatoms. The highest BCUT2D eigenvalue weighted by atomic mass is 35.5. The molecule has 3 atom stereocenters. The van der Waals surface area contributed by atoms with Gasteiger partial charge in [-0.25, -0.2) is 0 Å². The predicted molar refractivity (Wildman–Crippen MR) is 53.3 cm³/mol. The highest BCUT2D eigenvalue weighted by Gasteiger charge is 2.42. The minimum absolute atomic E-state index is 0.0117. The minimum atomic E-state index is -0.542.